The zero-order valence-corrected chi connectivity index (χ0v) is 17.4. The third-order valence-corrected chi connectivity index (χ3v) is 5.56. The zero-order valence-electron chi connectivity index (χ0n) is 15.9. The lowest BCUT2D eigenvalue weighted by molar-refractivity contribution is -0.149. The topological polar surface area (TPSA) is 67.2 Å². The molecule has 0 spiro atoms. The molecule has 0 saturated heterocycles. The lowest BCUT2D eigenvalue weighted by atomic mass is 9.99. The van der Waals surface area contributed by atoms with Gasteiger partial charge in [0.05, 0.1) is 5.92 Å². The van der Waals surface area contributed by atoms with Crippen LogP contribution < -0.4 is 0 Å². The van der Waals surface area contributed by atoms with Gasteiger partial charge in [0, 0.05) is 16.7 Å². The highest BCUT2D eigenvalue weighted by atomic mass is 35.5. The van der Waals surface area contributed by atoms with Gasteiger partial charge in [-0.3, -0.25) is 9.59 Å². The Morgan fingerprint density at radius 1 is 1.10 bits per heavy atom. The fraction of sp³-hybridized carbons (Fsp3) is 0.261. The van der Waals surface area contributed by atoms with Crippen molar-refractivity contribution in [2.24, 2.45) is 17.3 Å². The van der Waals surface area contributed by atoms with Gasteiger partial charge in [-0.05, 0) is 23.5 Å². The van der Waals surface area contributed by atoms with E-state index in [4.69, 9.17) is 27.9 Å². The number of rotatable bonds is 6. The van der Waals surface area contributed by atoms with Crippen molar-refractivity contribution >= 4 is 35.0 Å². The highest BCUT2D eigenvalue weighted by molar-refractivity contribution is 6.55. The lowest BCUT2D eigenvalue weighted by Crippen LogP contribution is -2.15. The predicted molar refractivity (Wildman–Crippen MR) is 111 cm³/mol. The number of nitriles is 1. The Hall–Kier alpha value is -2.61. The molecule has 3 rings (SSSR count). The van der Waals surface area contributed by atoms with Gasteiger partial charge >= 0.3 is 5.97 Å². The van der Waals surface area contributed by atoms with Crippen LogP contribution in [0.15, 0.2) is 65.2 Å². The Bertz CT molecular complexity index is 1000. The molecule has 6 heteroatoms. The van der Waals surface area contributed by atoms with Gasteiger partial charge in [0.2, 0.25) is 6.10 Å². The van der Waals surface area contributed by atoms with Crippen LogP contribution in [0.25, 0.3) is 0 Å². The first kappa shape index (κ1) is 21.1. The molecule has 2 aromatic carbocycles. The summed E-state index contributed by atoms with van der Waals surface area (Å²) in [5, 5.41) is 9.55. The molecule has 0 amide bonds. The number of allylic oxidation sites excluding steroid dienone is 1. The average molecular weight is 428 g/mol. The number of carbonyl (C=O) groups excluding carboxylic acids is 2. The van der Waals surface area contributed by atoms with E-state index in [1.54, 1.807) is 54.6 Å². The van der Waals surface area contributed by atoms with E-state index < -0.39 is 18.0 Å². The standard InChI is InChI=1S/C23H19Cl2NO3/c1-23(2)17(12-19(24)25)20(23)22(28)29-18(13-26)15-9-6-10-16(11-15)21(27)14-7-4-3-5-8-14/h3-12,17-18,20H,1-2H3/t17-,18?,20+/m1/s1. The van der Waals surface area contributed by atoms with Gasteiger partial charge in [0.1, 0.15) is 10.6 Å². The fourth-order valence-electron chi connectivity index (χ4n) is 3.53. The molecule has 4 nitrogen and oxygen atoms in total. The molecule has 29 heavy (non-hydrogen) atoms. The monoisotopic (exact) mass is 427 g/mol. The summed E-state index contributed by atoms with van der Waals surface area (Å²) in [5.41, 5.74) is 1.06. The Morgan fingerprint density at radius 3 is 2.38 bits per heavy atom. The van der Waals surface area contributed by atoms with Gasteiger partial charge in [-0.25, -0.2) is 0 Å². The number of esters is 1. The Labute approximate surface area is 179 Å². The van der Waals surface area contributed by atoms with E-state index in [2.05, 4.69) is 0 Å². The minimum atomic E-state index is -1.11. The van der Waals surface area contributed by atoms with Crippen molar-refractivity contribution < 1.29 is 14.3 Å². The molecule has 1 saturated carbocycles. The van der Waals surface area contributed by atoms with Crippen molar-refractivity contribution in [2.45, 2.75) is 20.0 Å². The van der Waals surface area contributed by atoms with E-state index >= 15 is 0 Å². The van der Waals surface area contributed by atoms with Crippen LogP contribution in [-0.2, 0) is 9.53 Å². The van der Waals surface area contributed by atoms with E-state index in [-0.39, 0.29) is 21.6 Å². The molecule has 3 atom stereocenters. The Morgan fingerprint density at radius 2 is 1.76 bits per heavy atom. The summed E-state index contributed by atoms with van der Waals surface area (Å²) in [7, 11) is 0. The van der Waals surface area contributed by atoms with Gasteiger partial charge in [-0.15, -0.1) is 0 Å². The van der Waals surface area contributed by atoms with E-state index in [0.717, 1.165) is 0 Å². The van der Waals surface area contributed by atoms with E-state index in [0.29, 0.717) is 16.7 Å². The van der Waals surface area contributed by atoms with Crippen molar-refractivity contribution in [1.29, 1.82) is 5.26 Å². The average Bonchev–Trinajstić information content (AvgIpc) is 3.25. The SMILES string of the molecule is CC1(C)[C@H](C=C(Cl)Cl)[C@H]1C(=O)OC(C#N)c1cccc(C(=O)c2ccccc2)c1. The second kappa shape index (κ2) is 8.41. The molecular formula is C23H19Cl2NO3. The van der Waals surface area contributed by atoms with Crippen LogP contribution in [-0.4, -0.2) is 11.8 Å². The van der Waals surface area contributed by atoms with Crippen LogP contribution in [0.5, 0.6) is 0 Å². The summed E-state index contributed by atoms with van der Waals surface area (Å²) in [4.78, 5) is 25.3. The summed E-state index contributed by atoms with van der Waals surface area (Å²) in [6.07, 6.45) is 0.508. The molecular weight excluding hydrogens is 409 g/mol. The van der Waals surface area contributed by atoms with Gasteiger partial charge in [-0.2, -0.15) is 5.26 Å². The van der Waals surface area contributed by atoms with Gasteiger partial charge < -0.3 is 4.74 Å². The Kier molecular flexibility index (Phi) is 6.12. The number of halogens is 2. The van der Waals surface area contributed by atoms with Crippen LogP contribution in [0, 0.1) is 28.6 Å². The van der Waals surface area contributed by atoms with Crippen LogP contribution >= 0.6 is 23.2 Å². The number of carbonyl (C=O) groups is 2. The first-order valence-electron chi connectivity index (χ1n) is 9.08. The van der Waals surface area contributed by atoms with Crippen molar-refractivity contribution in [3.63, 3.8) is 0 Å². The molecule has 0 heterocycles. The van der Waals surface area contributed by atoms with Crippen LogP contribution in [0.4, 0.5) is 0 Å². The van der Waals surface area contributed by atoms with Gasteiger partial charge in [0.15, 0.2) is 5.78 Å². The highest BCUT2D eigenvalue weighted by Crippen LogP contribution is 2.60. The minimum absolute atomic E-state index is 0.0994. The lowest BCUT2D eigenvalue weighted by Gasteiger charge is -2.13. The second-order valence-electron chi connectivity index (χ2n) is 7.55. The molecule has 148 valence electrons. The molecule has 1 aliphatic rings. The van der Waals surface area contributed by atoms with Crippen molar-refractivity contribution in [1.82, 2.24) is 0 Å². The second-order valence-corrected chi connectivity index (χ2v) is 8.56. The normalized spacial score (nSPS) is 20.1. The van der Waals surface area contributed by atoms with Crippen LogP contribution in [0.1, 0.15) is 41.4 Å². The molecule has 2 aromatic rings. The largest absolute Gasteiger partial charge is 0.442 e. The third kappa shape index (κ3) is 4.53. The summed E-state index contributed by atoms with van der Waals surface area (Å²) < 4.78 is 5.57. The molecule has 0 N–H and O–H groups in total. The van der Waals surface area contributed by atoms with Gasteiger partial charge in [0.25, 0.3) is 0 Å². The maximum Gasteiger partial charge on any atom is 0.311 e. The first-order chi connectivity index (χ1) is 13.8. The van der Waals surface area contributed by atoms with E-state index in [1.165, 1.54) is 0 Å². The van der Waals surface area contributed by atoms with Crippen molar-refractivity contribution in [2.75, 3.05) is 0 Å². The van der Waals surface area contributed by atoms with Crippen molar-refractivity contribution in [3.8, 4) is 6.07 Å². The smallest absolute Gasteiger partial charge is 0.311 e. The maximum absolute atomic E-state index is 12.7. The quantitative estimate of drug-likeness (QED) is 0.443. The zero-order chi connectivity index (χ0) is 21.2. The molecule has 0 aliphatic heterocycles. The van der Waals surface area contributed by atoms with E-state index in [1.807, 2.05) is 26.0 Å². The summed E-state index contributed by atoms with van der Waals surface area (Å²) in [6, 6.07) is 17.4. The summed E-state index contributed by atoms with van der Waals surface area (Å²) in [5.74, 6) is -1.23. The number of nitrogens with zero attached hydrogens (tertiary/aromatic N) is 1. The molecule has 1 fully saturated rings. The van der Waals surface area contributed by atoms with E-state index in [9.17, 15) is 14.9 Å². The Balaban J connectivity index is 1.78. The highest BCUT2D eigenvalue weighted by Gasteiger charge is 2.62. The molecule has 0 bridgehead atoms. The van der Waals surface area contributed by atoms with Crippen molar-refractivity contribution in [3.05, 3.63) is 81.9 Å². The number of ketones is 1. The summed E-state index contributed by atoms with van der Waals surface area (Å²) >= 11 is 11.5. The fourth-order valence-corrected chi connectivity index (χ4v) is 3.80. The first-order valence-corrected chi connectivity index (χ1v) is 9.84. The number of benzene rings is 2. The van der Waals surface area contributed by atoms with Gasteiger partial charge in [-0.1, -0.05) is 85.6 Å². The molecule has 1 aliphatic carbocycles. The molecule has 1 unspecified atom stereocenters. The van der Waals surface area contributed by atoms with Crippen LogP contribution in [0.2, 0.25) is 0 Å². The third-order valence-electron chi connectivity index (χ3n) is 5.31. The number of ether oxygens (including phenoxy) is 1. The molecule has 0 radical (unpaired) electrons. The maximum atomic E-state index is 12.7. The number of hydrogen-bond donors (Lipinski definition) is 0. The summed E-state index contributed by atoms with van der Waals surface area (Å²) in [6.45, 7) is 3.83. The minimum Gasteiger partial charge on any atom is -0.442 e. The van der Waals surface area contributed by atoms with Crippen LogP contribution in [0.3, 0.4) is 0 Å². The number of hydrogen-bond acceptors (Lipinski definition) is 4. The predicted octanol–water partition coefficient (Wildman–Crippen LogP) is 5.62. The molecule has 0 aromatic heterocycles.